The fourth-order valence-corrected chi connectivity index (χ4v) is 4.18. The maximum atomic E-state index is 12.4. The first-order valence-electron chi connectivity index (χ1n) is 8.89. The van der Waals surface area contributed by atoms with Crippen LogP contribution in [0.15, 0.2) is 40.1 Å². The summed E-state index contributed by atoms with van der Waals surface area (Å²) < 4.78 is 5.19. The monoisotopic (exact) mass is 398 g/mol. The third-order valence-electron chi connectivity index (χ3n) is 4.74. The molecule has 0 aliphatic carbocycles. The summed E-state index contributed by atoms with van der Waals surface area (Å²) in [5.74, 6) is -1.58. The number of hydrogen-bond acceptors (Lipinski definition) is 5. The molecule has 8 heteroatoms. The van der Waals surface area contributed by atoms with Crippen molar-refractivity contribution in [1.29, 1.82) is 0 Å². The number of fused-ring (bicyclic) bond motifs is 2. The van der Waals surface area contributed by atoms with Gasteiger partial charge in [-0.25, -0.2) is 4.79 Å². The highest BCUT2D eigenvalue weighted by Gasteiger charge is 2.21. The first-order valence-corrected chi connectivity index (χ1v) is 9.77. The summed E-state index contributed by atoms with van der Waals surface area (Å²) in [6.45, 7) is 1.30. The van der Waals surface area contributed by atoms with E-state index in [9.17, 15) is 14.4 Å². The largest absolute Gasteiger partial charge is 0.475 e. The number of hydrogen-bond donors (Lipinski definition) is 2. The smallest absolute Gasteiger partial charge is 0.371 e. The van der Waals surface area contributed by atoms with Crippen LogP contribution in [0, 0.1) is 0 Å². The van der Waals surface area contributed by atoms with Crippen LogP contribution in [0.5, 0.6) is 0 Å². The molecular weight excluding hydrogens is 380 g/mol. The summed E-state index contributed by atoms with van der Waals surface area (Å²) in [4.78, 5) is 38.7. The van der Waals surface area contributed by atoms with Crippen LogP contribution in [0.25, 0.3) is 11.0 Å². The maximum absolute atomic E-state index is 12.4. The number of carbonyl (C=O) groups excluding carboxylic acids is 2. The SMILES string of the molecule is O=C(CCC(=O)N1CCc2sccc2C1)Nc1ccc2oc(C(=O)O)cc2c1. The molecule has 0 saturated heterocycles. The molecule has 2 aromatic heterocycles. The highest BCUT2D eigenvalue weighted by Crippen LogP contribution is 2.25. The molecule has 0 radical (unpaired) electrons. The van der Waals surface area contributed by atoms with E-state index in [1.54, 1.807) is 34.4 Å². The van der Waals surface area contributed by atoms with Crippen molar-refractivity contribution in [2.75, 3.05) is 11.9 Å². The zero-order valence-corrected chi connectivity index (χ0v) is 15.8. The van der Waals surface area contributed by atoms with E-state index in [1.807, 2.05) is 11.4 Å². The minimum atomic E-state index is -1.15. The van der Waals surface area contributed by atoms with Crippen molar-refractivity contribution in [1.82, 2.24) is 4.90 Å². The second-order valence-electron chi connectivity index (χ2n) is 6.65. The highest BCUT2D eigenvalue weighted by molar-refractivity contribution is 7.10. The molecule has 0 spiro atoms. The molecule has 0 fully saturated rings. The molecule has 3 aromatic rings. The van der Waals surface area contributed by atoms with Crippen molar-refractivity contribution < 1.29 is 23.9 Å². The molecule has 1 aliphatic heterocycles. The minimum absolute atomic E-state index is 0.0246. The highest BCUT2D eigenvalue weighted by atomic mass is 32.1. The number of aromatic carboxylic acids is 1. The number of nitrogens with one attached hydrogen (secondary N) is 1. The van der Waals surface area contributed by atoms with Gasteiger partial charge >= 0.3 is 5.97 Å². The van der Waals surface area contributed by atoms with Crippen LogP contribution in [-0.4, -0.2) is 34.3 Å². The lowest BCUT2D eigenvalue weighted by Gasteiger charge is -2.27. The maximum Gasteiger partial charge on any atom is 0.371 e. The Morgan fingerprint density at radius 2 is 2.04 bits per heavy atom. The fraction of sp³-hybridized carbons (Fsp3) is 0.250. The summed E-state index contributed by atoms with van der Waals surface area (Å²) in [5, 5.41) is 14.4. The normalized spacial score (nSPS) is 13.4. The van der Waals surface area contributed by atoms with E-state index in [4.69, 9.17) is 9.52 Å². The van der Waals surface area contributed by atoms with Crippen molar-refractivity contribution >= 4 is 45.8 Å². The Morgan fingerprint density at radius 3 is 2.86 bits per heavy atom. The number of furan rings is 1. The van der Waals surface area contributed by atoms with Crippen LogP contribution in [0.1, 0.15) is 33.8 Å². The van der Waals surface area contributed by atoms with Gasteiger partial charge in [-0.3, -0.25) is 9.59 Å². The van der Waals surface area contributed by atoms with Gasteiger partial charge in [-0.1, -0.05) is 0 Å². The number of carbonyl (C=O) groups is 3. The van der Waals surface area contributed by atoms with E-state index in [2.05, 4.69) is 5.32 Å². The molecule has 28 heavy (non-hydrogen) atoms. The van der Waals surface area contributed by atoms with Gasteiger partial charge in [0.25, 0.3) is 0 Å². The lowest BCUT2D eigenvalue weighted by atomic mass is 10.1. The lowest BCUT2D eigenvalue weighted by molar-refractivity contribution is -0.133. The summed E-state index contributed by atoms with van der Waals surface area (Å²) in [6.07, 6.45) is 1.12. The zero-order valence-electron chi connectivity index (χ0n) is 14.9. The molecule has 144 valence electrons. The van der Waals surface area contributed by atoms with Crippen LogP contribution in [0.4, 0.5) is 5.69 Å². The van der Waals surface area contributed by atoms with Crippen molar-refractivity contribution in [3.63, 3.8) is 0 Å². The number of carboxylic acid groups (broad SMARTS) is 1. The van der Waals surface area contributed by atoms with Crippen LogP contribution >= 0.6 is 11.3 Å². The number of carboxylic acids is 1. The van der Waals surface area contributed by atoms with Gasteiger partial charge in [0.2, 0.25) is 17.6 Å². The number of nitrogens with zero attached hydrogens (tertiary/aromatic N) is 1. The molecule has 7 nitrogen and oxygen atoms in total. The van der Waals surface area contributed by atoms with Gasteiger partial charge < -0.3 is 19.7 Å². The van der Waals surface area contributed by atoms with E-state index in [0.717, 1.165) is 6.42 Å². The van der Waals surface area contributed by atoms with Gasteiger partial charge in [0.15, 0.2) is 0 Å². The first-order chi connectivity index (χ1) is 13.5. The van der Waals surface area contributed by atoms with Gasteiger partial charge in [0, 0.05) is 41.9 Å². The van der Waals surface area contributed by atoms with Crippen molar-refractivity contribution in [2.24, 2.45) is 0 Å². The fourth-order valence-electron chi connectivity index (χ4n) is 3.29. The van der Waals surface area contributed by atoms with Gasteiger partial charge in [0.05, 0.1) is 0 Å². The Bertz CT molecular complexity index is 1070. The predicted octanol–water partition coefficient (Wildman–Crippen LogP) is 3.50. The third-order valence-corrected chi connectivity index (χ3v) is 5.76. The topological polar surface area (TPSA) is 99.9 Å². The Labute approximate surface area is 164 Å². The van der Waals surface area contributed by atoms with Crippen LogP contribution in [-0.2, 0) is 22.6 Å². The summed E-state index contributed by atoms with van der Waals surface area (Å²) in [5.41, 5.74) is 2.16. The average Bonchev–Trinajstić information content (AvgIpc) is 3.31. The molecular formula is C20H18N2O5S. The van der Waals surface area contributed by atoms with Gasteiger partial charge in [-0.15, -0.1) is 11.3 Å². The molecule has 1 aromatic carbocycles. The van der Waals surface area contributed by atoms with Crippen molar-refractivity contribution in [2.45, 2.75) is 25.8 Å². The Morgan fingerprint density at radius 1 is 1.18 bits per heavy atom. The number of amides is 2. The van der Waals surface area contributed by atoms with E-state index < -0.39 is 5.97 Å². The number of anilines is 1. The second kappa shape index (κ2) is 7.47. The Balaban J connectivity index is 1.32. The van der Waals surface area contributed by atoms with E-state index in [-0.39, 0.29) is 30.4 Å². The van der Waals surface area contributed by atoms with Gasteiger partial charge in [0.1, 0.15) is 5.58 Å². The lowest BCUT2D eigenvalue weighted by Crippen LogP contribution is -2.35. The third kappa shape index (κ3) is 3.77. The minimum Gasteiger partial charge on any atom is -0.475 e. The van der Waals surface area contributed by atoms with E-state index in [0.29, 0.717) is 29.7 Å². The molecule has 0 unspecified atom stereocenters. The van der Waals surface area contributed by atoms with E-state index in [1.165, 1.54) is 16.5 Å². The Kier molecular flexibility index (Phi) is 4.87. The number of benzene rings is 1. The summed E-state index contributed by atoms with van der Waals surface area (Å²) in [6, 6.07) is 8.35. The van der Waals surface area contributed by atoms with Gasteiger partial charge in [-0.05, 0) is 47.7 Å². The van der Waals surface area contributed by atoms with E-state index >= 15 is 0 Å². The predicted molar refractivity (Wildman–Crippen MR) is 104 cm³/mol. The van der Waals surface area contributed by atoms with Crippen molar-refractivity contribution in [3.05, 3.63) is 51.9 Å². The molecule has 0 bridgehead atoms. The number of thiophene rings is 1. The van der Waals surface area contributed by atoms with Crippen LogP contribution < -0.4 is 5.32 Å². The van der Waals surface area contributed by atoms with Crippen LogP contribution in [0.2, 0.25) is 0 Å². The Hall–Kier alpha value is -3.13. The molecule has 4 rings (SSSR count). The zero-order chi connectivity index (χ0) is 19.7. The second-order valence-corrected chi connectivity index (χ2v) is 7.65. The summed E-state index contributed by atoms with van der Waals surface area (Å²) in [7, 11) is 0. The molecule has 2 amide bonds. The molecule has 0 atom stereocenters. The molecule has 2 N–H and O–H groups in total. The summed E-state index contributed by atoms with van der Waals surface area (Å²) >= 11 is 1.72. The van der Waals surface area contributed by atoms with Gasteiger partial charge in [-0.2, -0.15) is 0 Å². The molecule has 0 saturated carbocycles. The van der Waals surface area contributed by atoms with Crippen molar-refractivity contribution in [3.8, 4) is 0 Å². The number of rotatable bonds is 5. The standard InChI is InChI=1S/C20H18N2O5S/c23-18(3-4-19(24)22-7-5-17-12(11-22)6-8-28-17)21-14-1-2-15-13(9-14)10-16(27-15)20(25)26/h1-2,6,8-10H,3-5,7,11H2,(H,21,23)(H,25,26). The molecule has 1 aliphatic rings. The first kappa shape index (κ1) is 18.2. The molecule has 3 heterocycles. The quantitative estimate of drug-likeness (QED) is 0.685. The average molecular weight is 398 g/mol. The van der Waals surface area contributed by atoms with Crippen LogP contribution in [0.3, 0.4) is 0 Å².